The quantitative estimate of drug-likeness (QED) is 0.802. The minimum atomic E-state index is -0.235. The molecule has 4 nitrogen and oxygen atoms in total. The SMILES string of the molecule is COc1ccc(C=CC(=O)N2CCN(c3ccc(F)cc3)CC2)cc1. The number of anilines is 1. The average Bonchev–Trinajstić information content (AvgIpc) is 2.67. The normalized spacial score (nSPS) is 14.8. The molecule has 5 heteroatoms. The number of piperazine rings is 1. The minimum Gasteiger partial charge on any atom is -0.497 e. The fraction of sp³-hybridized carbons (Fsp3) is 0.250. The number of carbonyl (C=O) groups is 1. The summed E-state index contributed by atoms with van der Waals surface area (Å²) in [7, 11) is 1.62. The second-order valence-electron chi connectivity index (χ2n) is 5.90. The molecule has 0 atom stereocenters. The van der Waals surface area contributed by atoms with Gasteiger partial charge in [0.25, 0.3) is 0 Å². The van der Waals surface area contributed by atoms with Gasteiger partial charge in [0.1, 0.15) is 11.6 Å². The predicted octanol–water partition coefficient (Wildman–Crippen LogP) is 3.20. The molecule has 130 valence electrons. The third kappa shape index (κ3) is 4.38. The van der Waals surface area contributed by atoms with E-state index in [0.29, 0.717) is 13.1 Å². The van der Waals surface area contributed by atoms with E-state index in [1.165, 1.54) is 12.1 Å². The average molecular weight is 340 g/mol. The Morgan fingerprint density at radius 3 is 2.24 bits per heavy atom. The van der Waals surface area contributed by atoms with Gasteiger partial charge in [0, 0.05) is 37.9 Å². The van der Waals surface area contributed by atoms with Crippen LogP contribution in [0.15, 0.2) is 54.6 Å². The molecule has 0 bridgehead atoms. The van der Waals surface area contributed by atoms with Gasteiger partial charge in [-0.05, 0) is 48.0 Å². The number of methoxy groups -OCH3 is 1. The summed E-state index contributed by atoms with van der Waals surface area (Å²) < 4.78 is 18.1. The van der Waals surface area contributed by atoms with Crippen LogP contribution in [-0.2, 0) is 4.79 Å². The molecule has 1 amide bonds. The van der Waals surface area contributed by atoms with E-state index in [1.54, 1.807) is 25.3 Å². The standard InChI is InChI=1S/C20H21FN2O2/c1-25-19-9-2-16(3-10-19)4-11-20(24)23-14-12-22(13-15-23)18-7-5-17(21)6-8-18/h2-11H,12-15H2,1H3. The molecule has 0 aromatic heterocycles. The van der Waals surface area contributed by atoms with Gasteiger partial charge in [0.05, 0.1) is 7.11 Å². The number of hydrogen-bond acceptors (Lipinski definition) is 3. The lowest BCUT2D eigenvalue weighted by Gasteiger charge is -2.35. The van der Waals surface area contributed by atoms with Gasteiger partial charge in [0.2, 0.25) is 5.91 Å². The van der Waals surface area contributed by atoms with Gasteiger partial charge in [-0.1, -0.05) is 12.1 Å². The fourth-order valence-corrected chi connectivity index (χ4v) is 2.82. The summed E-state index contributed by atoms with van der Waals surface area (Å²) in [4.78, 5) is 16.3. The van der Waals surface area contributed by atoms with Gasteiger partial charge < -0.3 is 14.5 Å². The third-order valence-corrected chi connectivity index (χ3v) is 4.32. The highest BCUT2D eigenvalue weighted by atomic mass is 19.1. The molecule has 0 saturated carbocycles. The van der Waals surface area contributed by atoms with Crippen molar-refractivity contribution in [3.05, 3.63) is 66.0 Å². The van der Waals surface area contributed by atoms with Gasteiger partial charge in [-0.2, -0.15) is 0 Å². The summed E-state index contributed by atoms with van der Waals surface area (Å²) in [5, 5.41) is 0. The first kappa shape index (κ1) is 17.0. The van der Waals surface area contributed by atoms with Crippen molar-refractivity contribution in [1.82, 2.24) is 4.90 Å². The van der Waals surface area contributed by atoms with Gasteiger partial charge in [-0.3, -0.25) is 4.79 Å². The van der Waals surface area contributed by atoms with Crippen molar-refractivity contribution in [1.29, 1.82) is 0 Å². The lowest BCUT2D eigenvalue weighted by Crippen LogP contribution is -2.48. The van der Waals surface area contributed by atoms with Crippen LogP contribution in [0.5, 0.6) is 5.75 Å². The zero-order valence-corrected chi connectivity index (χ0v) is 14.2. The van der Waals surface area contributed by atoms with Crippen LogP contribution in [0, 0.1) is 5.82 Å². The van der Waals surface area contributed by atoms with E-state index in [0.717, 1.165) is 30.1 Å². The van der Waals surface area contributed by atoms with Crippen molar-refractivity contribution in [3.8, 4) is 5.75 Å². The van der Waals surface area contributed by atoms with E-state index >= 15 is 0 Å². The molecule has 0 N–H and O–H groups in total. The number of nitrogens with zero attached hydrogens (tertiary/aromatic N) is 2. The van der Waals surface area contributed by atoms with Crippen molar-refractivity contribution in [2.75, 3.05) is 38.2 Å². The van der Waals surface area contributed by atoms with E-state index in [-0.39, 0.29) is 11.7 Å². The molecule has 1 fully saturated rings. The highest BCUT2D eigenvalue weighted by Crippen LogP contribution is 2.17. The number of hydrogen-bond donors (Lipinski definition) is 0. The lowest BCUT2D eigenvalue weighted by atomic mass is 10.2. The first-order valence-electron chi connectivity index (χ1n) is 8.27. The molecule has 3 rings (SSSR count). The Hall–Kier alpha value is -2.82. The van der Waals surface area contributed by atoms with Crippen LogP contribution in [0.25, 0.3) is 6.08 Å². The van der Waals surface area contributed by atoms with Crippen LogP contribution >= 0.6 is 0 Å². The van der Waals surface area contributed by atoms with Crippen LogP contribution in [0.4, 0.5) is 10.1 Å². The fourth-order valence-electron chi connectivity index (χ4n) is 2.82. The van der Waals surface area contributed by atoms with Crippen LogP contribution < -0.4 is 9.64 Å². The summed E-state index contributed by atoms with van der Waals surface area (Å²) >= 11 is 0. The lowest BCUT2D eigenvalue weighted by molar-refractivity contribution is -0.126. The van der Waals surface area contributed by atoms with Crippen LogP contribution in [-0.4, -0.2) is 44.1 Å². The molecule has 0 spiro atoms. The number of benzene rings is 2. The summed E-state index contributed by atoms with van der Waals surface area (Å²) in [5.74, 6) is 0.566. The monoisotopic (exact) mass is 340 g/mol. The molecule has 2 aromatic carbocycles. The Bertz CT molecular complexity index is 733. The zero-order chi connectivity index (χ0) is 17.6. The number of ether oxygens (including phenoxy) is 1. The first-order valence-corrected chi connectivity index (χ1v) is 8.27. The van der Waals surface area contributed by atoms with Crippen LogP contribution in [0.2, 0.25) is 0 Å². The van der Waals surface area contributed by atoms with Crippen molar-refractivity contribution in [2.24, 2.45) is 0 Å². The van der Waals surface area contributed by atoms with Crippen molar-refractivity contribution in [3.63, 3.8) is 0 Å². The molecule has 0 unspecified atom stereocenters. The Morgan fingerprint density at radius 2 is 1.64 bits per heavy atom. The largest absolute Gasteiger partial charge is 0.497 e. The third-order valence-electron chi connectivity index (χ3n) is 4.32. The van der Waals surface area contributed by atoms with Gasteiger partial charge in [-0.15, -0.1) is 0 Å². The molecule has 0 radical (unpaired) electrons. The molecular weight excluding hydrogens is 319 g/mol. The molecule has 1 aliphatic rings. The van der Waals surface area contributed by atoms with E-state index in [9.17, 15) is 9.18 Å². The Morgan fingerprint density at radius 1 is 1.00 bits per heavy atom. The van der Waals surface area contributed by atoms with Crippen molar-refractivity contribution >= 4 is 17.7 Å². The summed E-state index contributed by atoms with van der Waals surface area (Å²) in [6.45, 7) is 2.80. The Labute approximate surface area is 147 Å². The van der Waals surface area contributed by atoms with Crippen LogP contribution in [0.3, 0.4) is 0 Å². The minimum absolute atomic E-state index is 0.00886. The smallest absolute Gasteiger partial charge is 0.246 e. The maximum atomic E-state index is 13.0. The van der Waals surface area contributed by atoms with Crippen molar-refractivity contribution < 1.29 is 13.9 Å². The maximum absolute atomic E-state index is 13.0. The number of halogens is 1. The molecule has 0 aliphatic carbocycles. The number of amides is 1. The Balaban J connectivity index is 1.54. The molecule has 1 heterocycles. The molecular formula is C20H21FN2O2. The summed E-state index contributed by atoms with van der Waals surface area (Å²) in [6.07, 6.45) is 3.42. The summed E-state index contributed by atoms with van der Waals surface area (Å²) in [6, 6.07) is 14.0. The topological polar surface area (TPSA) is 32.8 Å². The zero-order valence-electron chi connectivity index (χ0n) is 14.2. The van der Waals surface area contributed by atoms with Gasteiger partial charge in [-0.25, -0.2) is 4.39 Å². The number of rotatable bonds is 4. The van der Waals surface area contributed by atoms with Crippen LogP contribution in [0.1, 0.15) is 5.56 Å². The van der Waals surface area contributed by atoms with E-state index in [2.05, 4.69) is 4.90 Å². The highest BCUT2D eigenvalue weighted by Gasteiger charge is 2.19. The van der Waals surface area contributed by atoms with E-state index in [4.69, 9.17) is 4.74 Å². The van der Waals surface area contributed by atoms with Crippen molar-refractivity contribution in [2.45, 2.75) is 0 Å². The molecule has 1 aliphatic heterocycles. The first-order chi connectivity index (χ1) is 12.2. The van der Waals surface area contributed by atoms with E-state index < -0.39 is 0 Å². The predicted molar refractivity (Wildman–Crippen MR) is 97.2 cm³/mol. The maximum Gasteiger partial charge on any atom is 0.246 e. The molecule has 1 saturated heterocycles. The Kier molecular flexibility index (Phi) is 5.33. The van der Waals surface area contributed by atoms with E-state index in [1.807, 2.05) is 35.2 Å². The molecule has 2 aromatic rings. The number of carbonyl (C=O) groups excluding carboxylic acids is 1. The van der Waals surface area contributed by atoms with Gasteiger partial charge in [0.15, 0.2) is 0 Å². The highest BCUT2D eigenvalue weighted by molar-refractivity contribution is 5.92. The second-order valence-corrected chi connectivity index (χ2v) is 5.90. The second kappa shape index (κ2) is 7.83. The molecule has 25 heavy (non-hydrogen) atoms. The summed E-state index contributed by atoms with van der Waals surface area (Å²) in [5.41, 5.74) is 1.95. The van der Waals surface area contributed by atoms with Gasteiger partial charge >= 0.3 is 0 Å².